The highest BCUT2D eigenvalue weighted by Crippen LogP contribution is 2.18. The zero-order valence-electron chi connectivity index (χ0n) is 48.0. The van der Waals surface area contributed by atoms with Gasteiger partial charge in [0.05, 0.1) is 25.4 Å². The van der Waals surface area contributed by atoms with Gasteiger partial charge in [-0.05, 0) is 51.4 Å². The maximum Gasteiger partial charge on any atom is 0.305 e. The predicted octanol–water partition coefficient (Wildman–Crippen LogP) is 20.2. The lowest BCUT2D eigenvalue weighted by molar-refractivity contribution is -0.143. The van der Waals surface area contributed by atoms with E-state index >= 15 is 0 Å². The van der Waals surface area contributed by atoms with Gasteiger partial charge in [-0.3, -0.25) is 9.59 Å². The van der Waals surface area contributed by atoms with Crippen LogP contribution in [-0.4, -0.2) is 47.4 Å². The summed E-state index contributed by atoms with van der Waals surface area (Å²) < 4.78 is 5.47. The molecule has 0 aromatic heterocycles. The third-order valence-corrected chi connectivity index (χ3v) is 15.0. The standard InChI is InChI=1S/C65H125NO5/c1-3-5-7-9-11-13-15-17-30-34-37-41-45-49-53-57-63(68)62(61-67)66-64(69)58-54-50-46-42-38-35-31-28-26-24-22-20-18-19-21-23-25-27-29-32-36-40-44-48-52-56-60-71-65(70)59-55-51-47-43-39-33-16-14-12-10-8-6-4-2/h8,10,14,16,62-63,67-68H,3-7,9,11-13,15,17-61H2,1-2H3,(H,66,69)/b10-8-,16-14-. The van der Waals surface area contributed by atoms with E-state index in [1.165, 1.54) is 270 Å². The summed E-state index contributed by atoms with van der Waals surface area (Å²) in [6.45, 7) is 4.91. The number of amides is 1. The molecule has 71 heavy (non-hydrogen) atoms. The van der Waals surface area contributed by atoms with Crippen LogP contribution in [0.4, 0.5) is 0 Å². The number of hydrogen-bond acceptors (Lipinski definition) is 5. The van der Waals surface area contributed by atoms with E-state index in [0.717, 1.165) is 51.4 Å². The molecule has 2 unspecified atom stereocenters. The van der Waals surface area contributed by atoms with Gasteiger partial charge in [-0.1, -0.05) is 314 Å². The Morgan fingerprint density at radius 1 is 0.394 bits per heavy atom. The van der Waals surface area contributed by atoms with Crippen LogP contribution >= 0.6 is 0 Å². The van der Waals surface area contributed by atoms with Crippen LogP contribution in [0.25, 0.3) is 0 Å². The lowest BCUT2D eigenvalue weighted by Crippen LogP contribution is -2.45. The number of aliphatic hydroxyl groups is 2. The van der Waals surface area contributed by atoms with Crippen molar-refractivity contribution in [3.05, 3.63) is 24.3 Å². The van der Waals surface area contributed by atoms with E-state index in [1.54, 1.807) is 0 Å². The second-order valence-corrected chi connectivity index (χ2v) is 22.1. The summed E-state index contributed by atoms with van der Waals surface area (Å²) in [5, 5.41) is 23.3. The molecule has 3 N–H and O–H groups in total. The zero-order valence-corrected chi connectivity index (χ0v) is 48.0. The van der Waals surface area contributed by atoms with Crippen molar-refractivity contribution in [3.8, 4) is 0 Å². The highest BCUT2D eigenvalue weighted by Gasteiger charge is 2.20. The summed E-state index contributed by atoms with van der Waals surface area (Å²) in [6.07, 6.45) is 74.9. The van der Waals surface area contributed by atoms with Crippen molar-refractivity contribution in [1.82, 2.24) is 5.32 Å². The van der Waals surface area contributed by atoms with Gasteiger partial charge in [0.2, 0.25) is 5.91 Å². The number of esters is 1. The van der Waals surface area contributed by atoms with E-state index in [0.29, 0.717) is 25.9 Å². The molecule has 1 amide bonds. The van der Waals surface area contributed by atoms with E-state index in [-0.39, 0.29) is 18.5 Å². The second-order valence-electron chi connectivity index (χ2n) is 22.1. The van der Waals surface area contributed by atoms with Gasteiger partial charge in [-0.2, -0.15) is 0 Å². The zero-order chi connectivity index (χ0) is 51.4. The predicted molar refractivity (Wildman–Crippen MR) is 310 cm³/mol. The Morgan fingerprint density at radius 3 is 1.13 bits per heavy atom. The first kappa shape index (κ1) is 69.3. The lowest BCUT2D eigenvalue weighted by Gasteiger charge is -2.22. The monoisotopic (exact) mass is 1000 g/mol. The van der Waals surface area contributed by atoms with Crippen molar-refractivity contribution in [2.45, 2.75) is 366 Å². The summed E-state index contributed by atoms with van der Waals surface area (Å²) in [6, 6.07) is -0.539. The van der Waals surface area contributed by atoms with E-state index in [2.05, 4.69) is 43.5 Å². The van der Waals surface area contributed by atoms with Crippen LogP contribution in [-0.2, 0) is 14.3 Å². The highest BCUT2D eigenvalue weighted by molar-refractivity contribution is 5.76. The van der Waals surface area contributed by atoms with Gasteiger partial charge < -0.3 is 20.3 Å². The largest absolute Gasteiger partial charge is 0.466 e. The first-order valence-electron chi connectivity index (χ1n) is 32.1. The molecule has 0 saturated carbocycles. The molecule has 2 atom stereocenters. The van der Waals surface area contributed by atoms with Crippen LogP contribution in [0.15, 0.2) is 24.3 Å². The third-order valence-electron chi connectivity index (χ3n) is 15.0. The fourth-order valence-electron chi connectivity index (χ4n) is 10.1. The first-order chi connectivity index (χ1) is 35.0. The minimum Gasteiger partial charge on any atom is -0.466 e. The van der Waals surface area contributed by atoms with Gasteiger partial charge >= 0.3 is 5.97 Å². The maximum absolute atomic E-state index is 12.5. The Hall–Kier alpha value is -1.66. The number of hydrogen-bond donors (Lipinski definition) is 3. The smallest absolute Gasteiger partial charge is 0.305 e. The van der Waals surface area contributed by atoms with Crippen LogP contribution < -0.4 is 5.32 Å². The molecular weight excluding hydrogens is 875 g/mol. The van der Waals surface area contributed by atoms with E-state index in [1.807, 2.05) is 0 Å². The molecule has 0 radical (unpaired) electrons. The molecule has 0 saturated heterocycles. The Balaban J connectivity index is 3.35. The van der Waals surface area contributed by atoms with Gasteiger partial charge in [0.25, 0.3) is 0 Å². The molecule has 6 nitrogen and oxygen atoms in total. The molecule has 0 heterocycles. The Labute approximate surface area is 443 Å². The van der Waals surface area contributed by atoms with Crippen molar-refractivity contribution in [2.24, 2.45) is 0 Å². The molecule has 0 aromatic carbocycles. The molecule has 0 aliphatic carbocycles. The average Bonchev–Trinajstić information content (AvgIpc) is 3.37. The molecular formula is C65H125NO5. The van der Waals surface area contributed by atoms with Gasteiger partial charge in [0.15, 0.2) is 0 Å². The number of unbranched alkanes of at least 4 members (excludes halogenated alkanes) is 45. The normalized spacial score (nSPS) is 12.7. The number of carbonyl (C=O) groups is 2. The molecule has 420 valence electrons. The molecule has 0 aromatic rings. The highest BCUT2D eigenvalue weighted by atomic mass is 16.5. The number of rotatable bonds is 60. The van der Waals surface area contributed by atoms with Crippen molar-refractivity contribution in [2.75, 3.05) is 13.2 Å². The molecule has 0 aliphatic rings. The molecule has 0 bridgehead atoms. The lowest BCUT2D eigenvalue weighted by atomic mass is 10.0. The van der Waals surface area contributed by atoms with E-state index in [4.69, 9.17) is 4.74 Å². The minimum absolute atomic E-state index is 0.00224. The van der Waals surface area contributed by atoms with Crippen LogP contribution in [0.2, 0.25) is 0 Å². The van der Waals surface area contributed by atoms with Crippen molar-refractivity contribution >= 4 is 11.9 Å². The number of aliphatic hydroxyl groups excluding tert-OH is 2. The summed E-state index contributed by atoms with van der Waals surface area (Å²) in [7, 11) is 0. The Bertz CT molecular complexity index is 1110. The van der Waals surface area contributed by atoms with Crippen LogP contribution in [0.1, 0.15) is 354 Å². The first-order valence-corrected chi connectivity index (χ1v) is 32.1. The fourth-order valence-corrected chi connectivity index (χ4v) is 10.1. The number of allylic oxidation sites excluding steroid dienone is 4. The average molecular weight is 1000 g/mol. The molecule has 0 aliphatic heterocycles. The van der Waals surface area contributed by atoms with E-state index in [9.17, 15) is 19.8 Å². The summed E-state index contributed by atoms with van der Waals surface area (Å²) >= 11 is 0. The maximum atomic E-state index is 12.5. The Kier molecular flexibility index (Phi) is 59.5. The number of ether oxygens (including phenoxy) is 1. The Morgan fingerprint density at radius 2 is 0.732 bits per heavy atom. The van der Waals surface area contributed by atoms with Gasteiger partial charge in [0, 0.05) is 12.8 Å². The third kappa shape index (κ3) is 57.5. The van der Waals surface area contributed by atoms with Gasteiger partial charge in [0.1, 0.15) is 0 Å². The molecule has 0 fully saturated rings. The van der Waals surface area contributed by atoms with E-state index < -0.39 is 12.1 Å². The number of carbonyl (C=O) groups excluding carboxylic acids is 2. The van der Waals surface area contributed by atoms with Crippen molar-refractivity contribution in [1.29, 1.82) is 0 Å². The van der Waals surface area contributed by atoms with Crippen LogP contribution in [0, 0.1) is 0 Å². The summed E-state index contributed by atoms with van der Waals surface area (Å²) in [5.41, 5.74) is 0. The quantitative estimate of drug-likeness (QED) is 0.0320. The van der Waals surface area contributed by atoms with Gasteiger partial charge in [-0.15, -0.1) is 0 Å². The SMILES string of the molecule is CCC/C=C\C/C=C\CCCCCCCC(=O)OCCCCCCCCCCCCCCCCCCCCCCCCCCCCC(=O)NC(CO)C(O)CCCCCCCCCCCCCCCCC. The molecule has 0 spiro atoms. The fraction of sp³-hybridized carbons (Fsp3) is 0.908. The number of nitrogens with one attached hydrogen (secondary N) is 1. The van der Waals surface area contributed by atoms with Gasteiger partial charge in [-0.25, -0.2) is 0 Å². The van der Waals surface area contributed by atoms with Crippen LogP contribution in [0.5, 0.6) is 0 Å². The molecule has 6 heteroatoms. The molecule has 0 rings (SSSR count). The summed E-state index contributed by atoms with van der Waals surface area (Å²) in [5.74, 6) is -0.0283. The van der Waals surface area contributed by atoms with Crippen molar-refractivity contribution in [3.63, 3.8) is 0 Å². The minimum atomic E-state index is -0.662. The van der Waals surface area contributed by atoms with Crippen LogP contribution in [0.3, 0.4) is 0 Å². The summed E-state index contributed by atoms with van der Waals surface area (Å²) in [4.78, 5) is 24.5. The van der Waals surface area contributed by atoms with Crippen molar-refractivity contribution < 1.29 is 24.5 Å². The second kappa shape index (κ2) is 60.9. The topological polar surface area (TPSA) is 95.9 Å².